The molecule has 1 aliphatic heterocycles. The third-order valence-corrected chi connectivity index (χ3v) is 6.49. The second-order valence-corrected chi connectivity index (χ2v) is 9.22. The van der Waals surface area contributed by atoms with Gasteiger partial charge in [-0.3, -0.25) is 14.4 Å². The van der Waals surface area contributed by atoms with Crippen LogP contribution in [0.1, 0.15) is 66.7 Å². The lowest BCUT2D eigenvalue weighted by atomic mass is 9.77. The van der Waals surface area contributed by atoms with Crippen LogP contribution in [0.2, 0.25) is 0 Å². The van der Waals surface area contributed by atoms with E-state index in [9.17, 15) is 14.4 Å². The zero-order valence-corrected chi connectivity index (χ0v) is 20.9. The third kappa shape index (κ3) is 6.95. The van der Waals surface area contributed by atoms with Crippen molar-refractivity contribution in [3.05, 3.63) is 34.8 Å². The normalized spacial score (nSPS) is 28.6. The van der Waals surface area contributed by atoms with Crippen molar-refractivity contribution >= 4 is 17.7 Å². The standard InChI is InChI=1S/C26H38O7/c1-15(9-8-10-16(2)13-20-14-17(3)26(29)33-20)11-12-21-18(4)22(28)24(30-6)25(31-7)23(21)32-19(5)27/h10-11,17-18,20-21,23H,8-9,12-14H2,1-7H3/b15-11+,16-10+/t17-,18+,20?,21+,23+/m0/s1. The Morgan fingerprint density at radius 3 is 2.30 bits per heavy atom. The highest BCUT2D eigenvalue weighted by molar-refractivity contribution is 5.97. The molecule has 2 rings (SSSR count). The van der Waals surface area contributed by atoms with Crippen molar-refractivity contribution in [1.82, 2.24) is 0 Å². The first-order chi connectivity index (χ1) is 15.6. The van der Waals surface area contributed by atoms with Gasteiger partial charge in [0.05, 0.1) is 20.1 Å². The number of carbonyl (C=O) groups excluding carboxylic acids is 3. The lowest BCUT2D eigenvalue weighted by Crippen LogP contribution is -2.42. The van der Waals surface area contributed by atoms with Crippen LogP contribution in [0.25, 0.3) is 0 Å². The zero-order chi connectivity index (χ0) is 24.7. The summed E-state index contributed by atoms with van der Waals surface area (Å²) in [5.74, 6) is -0.894. The summed E-state index contributed by atoms with van der Waals surface area (Å²) in [7, 11) is 2.87. The first-order valence-corrected chi connectivity index (χ1v) is 11.6. The van der Waals surface area contributed by atoms with Crippen molar-refractivity contribution in [2.24, 2.45) is 17.8 Å². The molecule has 7 heteroatoms. The van der Waals surface area contributed by atoms with Crippen molar-refractivity contribution in [3.63, 3.8) is 0 Å². The molecule has 33 heavy (non-hydrogen) atoms. The molecule has 0 aromatic heterocycles. The Kier molecular flexibility index (Phi) is 9.74. The number of carbonyl (C=O) groups is 3. The first-order valence-electron chi connectivity index (χ1n) is 11.6. The lowest BCUT2D eigenvalue weighted by molar-refractivity contribution is -0.153. The molecular formula is C26H38O7. The van der Waals surface area contributed by atoms with Gasteiger partial charge in [-0.1, -0.05) is 37.1 Å². The van der Waals surface area contributed by atoms with Crippen molar-refractivity contribution in [3.8, 4) is 0 Å². The van der Waals surface area contributed by atoms with E-state index in [2.05, 4.69) is 26.0 Å². The van der Waals surface area contributed by atoms with Gasteiger partial charge in [0.2, 0.25) is 11.5 Å². The third-order valence-electron chi connectivity index (χ3n) is 6.49. The number of ketones is 1. The summed E-state index contributed by atoms with van der Waals surface area (Å²) >= 11 is 0. The molecule has 1 aliphatic carbocycles. The maximum atomic E-state index is 12.8. The van der Waals surface area contributed by atoms with Crippen molar-refractivity contribution in [2.75, 3.05) is 14.2 Å². The Morgan fingerprint density at radius 1 is 1.06 bits per heavy atom. The van der Waals surface area contributed by atoms with Crippen LogP contribution in [0, 0.1) is 17.8 Å². The number of allylic oxidation sites excluding steroid dienone is 4. The number of hydrogen-bond acceptors (Lipinski definition) is 7. The summed E-state index contributed by atoms with van der Waals surface area (Å²) < 4.78 is 21.6. The molecule has 1 heterocycles. The Hall–Kier alpha value is -2.57. The van der Waals surface area contributed by atoms with Crippen LogP contribution >= 0.6 is 0 Å². The minimum atomic E-state index is -0.669. The van der Waals surface area contributed by atoms with Gasteiger partial charge in [-0.05, 0) is 39.5 Å². The van der Waals surface area contributed by atoms with Crippen LogP contribution in [0.3, 0.4) is 0 Å². The van der Waals surface area contributed by atoms with E-state index >= 15 is 0 Å². The van der Waals surface area contributed by atoms with Crippen LogP contribution < -0.4 is 0 Å². The molecule has 0 N–H and O–H groups in total. The smallest absolute Gasteiger partial charge is 0.309 e. The minimum absolute atomic E-state index is 0.00807. The van der Waals surface area contributed by atoms with Gasteiger partial charge in [0.1, 0.15) is 6.10 Å². The van der Waals surface area contributed by atoms with Gasteiger partial charge in [-0.15, -0.1) is 0 Å². The molecule has 5 atom stereocenters. The Morgan fingerprint density at radius 2 is 1.76 bits per heavy atom. The molecule has 0 radical (unpaired) electrons. The molecule has 0 bridgehead atoms. The van der Waals surface area contributed by atoms with Crippen LogP contribution in [0.5, 0.6) is 0 Å². The van der Waals surface area contributed by atoms with E-state index in [0.717, 1.165) is 25.7 Å². The summed E-state index contributed by atoms with van der Waals surface area (Å²) in [6.07, 6.45) is 7.53. The summed E-state index contributed by atoms with van der Waals surface area (Å²) in [5, 5.41) is 0. The summed E-state index contributed by atoms with van der Waals surface area (Å²) in [6, 6.07) is 0. The van der Waals surface area contributed by atoms with Gasteiger partial charge in [0.25, 0.3) is 0 Å². The number of rotatable bonds is 10. The number of ether oxygens (including phenoxy) is 4. The van der Waals surface area contributed by atoms with E-state index in [4.69, 9.17) is 18.9 Å². The molecular weight excluding hydrogens is 424 g/mol. The van der Waals surface area contributed by atoms with Gasteiger partial charge in [0, 0.05) is 25.2 Å². The van der Waals surface area contributed by atoms with E-state index in [0.29, 0.717) is 6.42 Å². The average molecular weight is 463 g/mol. The zero-order valence-electron chi connectivity index (χ0n) is 20.9. The van der Waals surface area contributed by atoms with E-state index in [-0.39, 0.29) is 47.1 Å². The predicted octanol–water partition coefficient (Wildman–Crippen LogP) is 4.66. The second kappa shape index (κ2) is 12.1. The molecule has 0 amide bonds. The Balaban J connectivity index is 2.00. The largest absolute Gasteiger partial charge is 0.493 e. The maximum Gasteiger partial charge on any atom is 0.309 e. The van der Waals surface area contributed by atoms with Gasteiger partial charge in [0.15, 0.2) is 11.9 Å². The molecule has 1 fully saturated rings. The maximum absolute atomic E-state index is 12.8. The van der Waals surface area contributed by atoms with Crippen molar-refractivity contribution in [1.29, 1.82) is 0 Å². The molecule has 0 saturated carbocycles. The van der Waals surface area contributed by atoms with Gasteiger partial charge in [-0.25, -0.2) is 0 Å². The summed E-state index contributed by atoms with van der Waals surface area (Å²) in [5.41, 5.74) is 2.42. The SMILES string of the molecule is COC1=C(OC)[C@H](OC(C)=O)[C@H](C/C=C(\C)CC/C=C(\C)CC2C[C@H](C)C(=O)O2)[C@@H](C)C1=O. The van der Waals surface area contributed by atoms with Gasteiger partial charge >= 0.3 is 11.9 Å². The molecule has 1 saturated heterocycles. The quantitative estimate of drug-likeness (QED) is 0.344. The van der Waals surface area contributed by atoms with Gasteiger partial charge in [-0.2, -0.15) is 0 Å². The Labute approximate surface area is 197 Å². The fourth-order valence-corrected chi connectivity index (χ4v) is 4.54. The predicted molar refractivity (Wildman–Crippen MR) is 124 cm³/mol. The van der Waals surface area contributed by atoms with Gasteiger partial charge < -0.3 is 18.9 Å². The number of hydrogen-bond donors (Lipinski definition) is 0. The molecule has 2 aliphatic rings. The first kappa shape index (κ1) is 26.7. The molecule has 0 aromatic rings. The number of cyclic esters (lactones) is 1. The number of esters is 2. The van der Waals surface area contributed by atoms with E-state index in [1.807, 2.05) is 13.8 Å². The van der Waals surface area contributed by atoms with Crippen LogP contribution in [-0.2, 0) is 33.3 Å². The second-order valence-electron chi connectivity index (χ2n) is 9.22. The van der Waals surface area contributed by atoms with E-state index < -0.39 is 12.1 Å². The molecule has 7 nitrogen and oxygen atoms in total. The van der Waals surface area contributed by atoms with Crippen LogP contribution in [-0.4, -0.2) is 44.1 Å². The molecule has 184 valence electrons. The van der Waals surface area contributed by atoms with Crippen LogP contribution in [0.4, 0.5) is 0 Å². The van der Waals surface area contributed by atoms with E-state index in [1.54, 1.807) is 0 Å². The minimum Gasteiger partial charge on any atom is -0.493 e. The highest BCUT2D eigenvalue weighted by Gasteiger charge is 2.45. The Bertz CT molecular complexity index is 836. The number of methoxy groups -OCH3 is 2. The van der Waals surface area contributed by atoms with E-state index in [1.165, 1.54) is 32.3 Å². The summed E-state index contributed by atoms with van der Waals surface area (Å²) in [6.45, 7) is 9.22. The van der Waals surface area contributed by atoms with Crippen molar-refractivity contribution < 1.29 is 33.3 Å². The molecule has 1 unspecified atom stereocenters. The highest BCUT2D eigenvalue weighted by Crippen LogP contribution is 2.37. The average Bonchev–Trinajstić information content (AvgIpc) is 3.06. The number of Topliss-reactive ketones (excluding diaryl/α,β-unsaturated/α-hetero) is 1. The highest BCUT2D eigenvalue weighted by atomic mass is 16.6. The fraction of sp³-hybridized carbons (Fsp3) is 0.654. The molecule has 0 aromatic carbocycles. The lowest BCUT2D eigenvalue weighted by Gasteiger charge is -2.35. The monoisotopic (exact) mass is 462 g/mol. The van der Waals surface area contributed by atoms with Crippen molar-refractivity contribution in [2.45, 2.75) is 78.9 Å². The topological polar surface area (TPSA) is 88.1 Å². The summed E-state index contributed by atoms with van der Waals surface area (Å²) in [4.78, 5) is 36.1. The fourth-order valence-electron chi connectivity index (χ4n) is 4.54. The molecule has 0 spiro atoms. The van der Waals surface area contributed by atoms with Crippen LogP contribution in [0.15, 0.2) is 34.8 Å².